The molecule has 8 nitrogen and oxygen atoms in total. The summed E-state index contributed by atoms with van der Waals surface area (Å²) >= 11 is 6.01. The van der Waals surface area contributed by atoms with Gasteiger partial charge in [-0.3, -0.25) is 0 Å². The first-order valence-electron chi connectivity index (χ1n) is 7.08. The number of nitrogens with zero attached hydrogens (tertiary/aromatic N) is 4. The monoisotopic (exact) mass is 366 g/mol. The molecule has 0 aliphatic heterocycles. The van der Waals surface area contributed by atoms with E-state index < -0.39 is 16.1 Å². The molecular weight excluding hydrogens is 352 g/mol. The molecule has 1 unspecified atom stereocenters. The van der Waals surface area contributed by atoms with Crippen LogP contribution in [0.25, 0.3) is 11.0 Å². The predicted molar refractivity (Wildman–Crippen MR) is 89.9 cm³/mol. The average molecular weight is 367 g/mol. The quantitative estimate of drug-likeness (QED) is 0.667. The van der Waals surface area contributed by atoms with Crippen molar-refractivity contribution < 1.29 is 8.42 Å². The highest BCUT2D eigenvalue weighted by molar-refractivity contribution is 7.89. The lowest BCUT2D eigenvalue weighted by Gasteiger charge is -2.13. The van der Waals surface area contributed by atoms with E-state index in [1.807, 2.05) is 6.92 Å². The number of benzene rings is 1. The summed E-state index contributed by atoms with van der Waals surface area (Å²) in [4.78, 5) is 8.44. The van der Waals surface area contributed by atoms with Crippen LogP contribution in [-0.2, 0) is 16.6 Å². The minimum absolute atomic E-state index is 0.0168. The van der Waals surface area contributed by atoms with Gasteiger partial charge in [0, 0.05) is 6.54 Å². The van der Waals surface area contributed by atoms with Gasteiger partial charge in [0.05, 0.1) is 28.2 Å². The molecule has 0 aliphatic carbocycles. The van der Waals surface area contributed by atoms with Gasteiger partial charge in [-0.25, -0.2) is 23.2 Å². The van der Waals surface area contributed by atoms with Crippen LogP contribution >= 0.6 is 11.6 Å². The second-order valence-corrected chi connectivity index (χ2v) is 7.07. The van der Waals surface area contributed by atoms with E-state index >= 15 is 0 Å². The lowest BCUT2D eigenvalue weighted by Crippen LogP contribution is -2.16. The molecule has 0 radical (unpaired) electrons. The molecule has 3 rings (SSSR count). The molecule has 24 heavy (non-hydrogen) atoms. The summed E-state index contributed by atoms with van der Waals surface area (Å²) in [6.07, 6.45) is 1.64. The Morgan fingerprint density at radius 2 is 1.92 bits per heavy atom. The molecule has 0 saturated carbocycles. The van der Waals surface area contributed by atoms with Crippen LogP contribution in [0.3, 0.4) is 0 Å². The molecule has 3 aromatic rings. The SMILES string of the molecule is CCn1ncc2c(C(N)c3ccc(S(N)(=O)=O)cc3)nc(Cl)nc21. The van der Waals surface area contributed by atoms with Gasteiger partial charge in [-0.15, -0.1) is 0 Å². The molecular formula is C14H15ClN6O2S. The summed E-state index contributed by atoms with van der Waals surface area (Å²) in [7, 11) is -3.75. The third kappa shape index (κ3) is 2.98. The number of fused-ring (bicyclic) bond motifs is 1. The van der Waals surface area contributed by atoms with Crippen LogP contribution in [0.5, 0.6) is 0 Å². The highest BCUT2D eigenvalue weighted by Crippen LogP contribution is 2.26. The fraction of sp³-hybridized carbons (Fsp3) is 0.214. The van der Waals surface area contributed by atoms with E-state index in [2.05, 4.69) is 15.1 Å². The molecule has 10 heteroatoms. The molecule has 2 aromatic heterocycles. The van der Waals surface area contributed by atoms with Crippen LogP contribution in [0, 0.1) is 0 Å². The van der Waals surface area contributed by atoms with Gasteiger partial charge in [-0.1, -0.05) is 12.1 Å². The maximum Gasteiger partial charge on any atom is 0.238 e. The smallest absolute Gasteiger partial charge is 0.238 e. The number of rotatable bonds is 4. The Bertz CT molecular complexity index is 1000. The van der Waals surface area contributed by atoms with Crippen molar-refractivity contribution in [1.82, 2.24) is 19.7 Å². The number of aromatic nitrogens is 4. The molecule has 1 aromatic carbocycles. The summed E-state index contributed by atoms with van der Waals surface area (Å²) in [6, 6.07) is 5.38. The molecule has 0 amide bonds. The fourth-order valence-electron chi connectivity index (χ4n) is 2.44. The van der Waals surface area contributed by atoms with Crippen molar-refractivity contribution in [2.45, 2.75) is 24.4 Å². The minimum atomic E-state index is -3.75. The predicted octanol–water partition coefficient (Wildman–Crippen LogP) is 1.20. The van der Waals surface area contributed by atoms with E-state index in [0.29, 0.717) is 28.8 Å². The second-order valence-electron chi connectivity index (χ2n) is 5.17. The molecule has 4 N–H and O–H groups in total. The number of aryl methyl sites for hydroxylation is 1. The number of hydrogen-bond donors (Lipinski definition) is 2. The zero-order chi connectivity index (χ0) is 17.5. The molecule has 0 bridgehead atoms. The third-order valence-electron chi connectivity index (χ3n) is 3.66. The molecule has 0 spiro atoms. The van der Waals surface area contributed by atoms with Gasteiger partial charge in [0.25, 0.3) is 0 Å². The normalized spacial score (nSPS) is 13.3. The van der Waals surface area contributed by atoms with Gasteiger partial charge in [0.1, 0.15) is 0 Å². The first-order valence-corrected chi connectivity index (χ1v) is 9.01. The second kappa shape index (κ2) is 6.10. The number of hydrogen-bond acceptors (Lipinski definition) is 6. The standard InChI is InChI=1S/C14H15ClN6O2S/c1-2-21-13-10(7-18-21)12(19-14(15)20-13)11(16)8-3-5-9(6-4-8)24(17,22)23/h3-7,11H,2,16H2,1H3,(H2,17,22,23). The lowest BCUT2D eigenvalue weighted by atomic mass is 10.0. The van der Waals surface area contributed by atoms with E-state index in [0.717, 1.165) is 0 Å². The summed E-state index contributed by atoms with van der Waals surface area (Å²) in [6.45, 7) is 2.57. The summed E-state index contributed by atoms with van der Waals surface area (Å²) in [5, 5.41) is 10.1. The average Bonchev–Trinajstić information content (AvgIpc) is 2.95. The van der Waals surface area contributed by atoms with Crippen LogP contribution in [0.1, 0.15) is 24.2 Å². The van der Waals surface area contributed by atoms with Crippen molar-refractivity contribution in [2.75, 3.05) is 0 Å². The first-order chi connectivity index (χ1) is 11.3. The minimum Gasteiger partial charge on any atom is -0.319 e. The summed E-state index contributed by atoms with van der Waals surface area (Å²) < 4.78 is 24.4. The summed E-state index contributed by atoms with van der Waals surface area (Å²) in [5.74, 6) is 0. The molecule has 0 aliphatic rings. The van der Waals surface area contributed by atoms with Gasteiger partial charge in [-0.05, 0) is 36.2 Å². The Morgan fingerprint density at radius 1 is 1.25 bits per heavy atom. The molecule has 0 saturated heterocycles. The Labute approximate surface area is 143 Å². The molecule has 1 atom stereocenters. The van der Waals surface area contributed by atoms with E-state index in [1.165, 1.54) is 12.1 Å². The Morgan fingerprint density at radius 3 is 2.50 bits per heavy atom. The van der Waals surface area contributed by atoms with Crippen molar-refractivity contribution in [3.05, 3.63) is 47.0 Å². The van der Waals surface area contributed by atoms with Crippen molar-refractivity contribution in [3.8, 4) is 0 Å². The van der Waals surface area contributed by atoms with Crippen molar-refractivity contribution in [2.24, 2.45) is 10.9 Å². The Kier molecular flexibility index (Phi) is 4.26. The Hall–Kier alpha value is -2.07. The number of halogens is 1. The zero-order valence-corrected chi connectivity index (χ0v) is 14.3. The fourth-order valence-corrected chi connectivity index (χ4v) is 3.13. The van der Waals surface area contributed by atoms with Crippen LogP contribution in [-0.4, -0.2) is 28.2 Å². The number of primary sulfonamides is 1. The Balaban J connectivity index is 2.08. The first kappa shape index (κ1) is 16.8. The number of sulfonamides is 1. The maximum atomic E-state index is 11.3. The van der Waals surface area contributed by atoms with Crippen LogP contribution in [0.4, 0.5) is 0 Å². The largest absolute Gasteiger partial charge is 0.319 e. The van der Waals surface area contributed by atoms with Crippen LogP contribution in [0.2, 0.25) is 5.28 Å². The molecule has 126 valence electrons. The van der Waals surface area contributed by atoms with Crippen molar-refractivity contribution >= 4 is 32.7 Å². The highest BCUT2D eigenvalue weighted by atomic mass is 35.5. The van der Waals surface area contributed by atoms with Gasteiger partial charge in [0.2, 0.25) is 15.3 Å². The van der Waals surface area contributed by atoms with Gasteiger partial charge < -0.3 is 5.73 Å². The van der Waals surface area contributed by atoms with Crippen LogP contribution in [0.15, 0.2) is 35.4 Å². The van der Waals surface area contributed by atoms with Crippen molar-refractivity contribution in [3.63, 3.8) is 0 Å². The van der Waals surface area contributed by atoms with Gasteiger partial charge in [-0.2, -0.15) is 10.1 Å². The van der Waals surface area contributed by atoms with Gasteiger partial charge >= 0.3 is 0 Å². The van der Waals surface area contributed by atoms with E-state index in [-0.39, 0.29) is 10.2 Å². The lowest BCUT2D eigenvalue weighted by molar-refractivity contribution is 0.597. The van der Waals surface area contributed by atoms with E-state index in [4.69, 9.17) is 22.5 Å². The third-order valence-corrected chi connectivity index (χ3v) is 4.76. The highest BCUT2D eigenvalue weighted by Gasteiger charge is 2.19. The van der Waals surface area contributed by atoms with E-state index in [9.17, 15) is 8.42 Å². The molecule has 2 heterocycles. The van der Waals surface area contributed by atoms with Gasteiger partial charge in [0.15, 0.2) is 5.65 Å². The van der Waals surface area contributed by atoms with Crippen LogP contribution < -0.4 is 10.9 Å². The van der Waals surface area contributed by atoms with E-state index in [1.54, 1.807) is 23.0 Å². The maximum absolute atomic E-state index is 11.3. The summed E-state index contributed by atoms with van der Waals surface area (Å²) in [5.41, 5.74) is 8.09. The number of nitrogens with two attached hydrogens (primary N) is 2. The zero-order valence-electron chi connectivity index (χ0n) is 12.7. The molecule has 0 fully saturated rings. The van der Waals surface area contributed by atoms with Crippen molar-refractivity contribution in [1.29, 1.82) is 0 Å². The topological polar surface area (TPSA) is 130 Å².